The maximum atomic E-state index is 12.9. The Morgan fingerprint density at radius 1 is 1.02 bits per heavy atom. The maximum Gasteiger partial charge on any atom is 0.407 e. The zero-order chi connectivity index (χ0) is 28.4. The van der Waals surface area contributed by atoms with Crippen LogP contribution in [0.15, 0.2) is 76.2 Å². The summed E-state index contributed by atoms with van der Waals surface area (Å²) in [5, 5.41) is 2.88. The van der Waals surface area contributed by atoms with E-state index in [1.54, 1.807) is 0 Å². The Morgan fingerprint density at radius 3 is 2.44 bits per heavy atom. The molecule has 41 heavy (non-hydrogen) atoms. The van der Waals surface area contributed by atoms with Gasteiger partial charge in [-0.1, -0.05) is 64.5 Å². The number of carbonyl (C=O) groups excluding carboxylic acids is 1. The molecule has 9 heteroatoms. The molecule has 1 N–H and O–H groups in total. The highest BCUT2D eigenvalue weighted by Crippen LogP contribution is 2.47. The fourth-order valence-corrected chi connectivity index (χ4v) is 6.58. The van der Waals surface area contributed by atoms with Crippen LogP contribution >= 0.6 is 15.9 Å². The Hall–Kier alpha value is -3.24. The summed E-state index contributed by atoms with van der Waals surface area (Å²) in [6.45, 7) is 6.37. The molecule has 1 amide bonds. The number of hydrogen-bond acceptors (Lipinski definition) is 7. The molecule has 3 aromatic rings. The van der Waals surface area contributed by atoms with Crippen LogP contribution in [0.2, 0.25) is 0 Å². The lowest BCUT2D eigenvalue weighted by molar-refractivity contribution is -0.208. The van der Waals surface area contributed by atoms with Gasteiger partial charge in [0.1, 0.15) is 31.5 Å². The van der Waals surface area contributed by atoms with Gasteiger partial charge in [-0.15, -0.1) is 0 Å². The third-order valence-corrected chi connectivity index (χ3v) is 9.09. The van der Waals surface area contributed by atoms with Crippen molar-refractivity contribution < 1.29 is 28.5 Å². The van der Waals surface area contributed by atoms with Crippen LogP contribution in [0.3, 0.4) is 0 Å². The molecule has 212 valence electrons. The summed E-state index contributed by atoms with van der Waals surface area (Å²) in [4.78, 5) is 17.8. The van der Waals surface area contributed by atoms with E-state index >= 15 is 0 Å². The fraction of sp³-hybridized carbons (Fsp3) is 0.375. The first-order chi connectivity index (χ1) is 19.7. The molecule has 4 unspecified atom stereocenters. The quantitative estimate of drug-likeness (QED) is 0.395. The second-order valence-electron chi connectivity index (χ2n) is 11.4. The van der Waals surface area contributed by atoms with Gasteiger partial charge in [0.15, 0.2) is 5.79 Å². The number of hydrogen-bond donors (Lipinski definition) is 1. The number of rotatable bonds is 5. The van der Waals surface area contributed by atoms with E-state index in [4.69, 9.17) is 28.7 Å². The molecule has 4 atom stereocenters. The van der Waals surface area contributed by atoms with E-state index in [1.165, 1.54) is 22.3 Å². The van der Waals surface area contributed by atoms with Crippen molar-refractivity contribution in [3.8, 4) is 11.1 Å². The predicted molar refractivity (Wildman–Crippen MR) is 156 cm³/mol. The topological polar surface area (TPSA) is 87.6 Å². The van der Waals surface area contributed by atoms with E-state index in [0.29, 0.717) is 5.90 Å². The van der Waals surface area contributed by atoms with Crippen LogP contribution in [0.4, 0.5) is 4.79 Å². The van der Waals surface area contributed by atoms with Gasteiger partial charge in [0, 0.05) is 22.5 Å². The molecule has 3 aromatic carbocycles. The summed E-state index contributed by atoms with van der Waals surface area (Å²) in [7, 11) is 0. The molecule has 3 heterocycles. The van der Waals surface area contributed by atoms with Crippen LogP contribution in [0.25, 0.3) is 11.1 Å². The van der Waals surface area contributed by atoms with Crippen molar-refractivity contribution in [1.29, 1.82) is 0 Å². The molecule has 1 aliphatic carbocycles. The molecule has 0 radical (unpaired) electrons. The molecule has 0 saturated carbocycles. The summed E-state index contributed by atoms with van der Waals surface area (Å²) in [5.74, 6) is -0.333. The number of carbonyl (C=O) groups is 1. The zero-order valence-electron chi connectivity index (χ0n) is 23.1. The molecule has 1 spiro atoms. The summed E-state index contributed by atoms with van der Waals surface area (Å²) < 4.78 is 31.7. The zero-order valence-corrected chi connectivity index (χ0v) is 24.6. The molecule has 3 aliphatic heterocycles. The summed E-state index contributed by atoms with van der Waals surface area (Å²) in [6, 6.07) is 22.5. The van der Waals surface area contributed by atoms with Gasteiger partial charge in [-0.25, -0.2) is 9.79 Å². The molecular formula is C32H31BrN2O6. The van der Waals surface area contributed by atoms with Gasteiger partial charge in [0.05, 0.1) is 0 Å². The van der Waals surface area contributed by atoms with Crippen LogP contribution in [-0.2, 0) is 23.7 Å². The van der Waals surface area contributed by atoms with Gasteiger partial charge in [-0.05, 0) is 66.8 Å². The minimum Gasteiger partial charge on any atom is -0.472 e. The van der Waals surface area contributed by atoms with Gasteiger partial charge < -0.3 is 29.0 Å². The third kappa shape index (κ3) is 4.65. The average Bonchev–Trinajstić information content (AvgIpc) is 3.69. The van der Waals surface area contributed by atoms with E-state index in [9.17, 15) is 4.79 Å². The van der Waals surface area contributed by atoms with Gasteiger partial charge in [-0.2, -0.15) is 0 Å². The highest BCUT2D eigenvalue weighted by atomic mass is 79.9. The molecule has 2 saturated heterocycles. The van der Waals surface area contributed by atoms with E-state index in [2.05, 4.69) is 45.5 Å². The SMILES string of the molecule is Cc1cc(C2=NC3(CO2)OC(CNC(=O)OCC2c4ccccc4-c4ccccc42)C2OC(C)(C)OC23)ccc1Br. The Labute approximate surface area is 247 Å². The number of halogens is 1. The molecule has 0 aromatic heterocycles. The molecule has 8 nitrogen and oxygen atoms in total. The minimum atomic E-state index is -1.07. The van der Waals surface area contributed by atoms with Crippen LogP contribution in [0.1, 0.15) is 42.0 Å². The lowest BCUT2D eigenvalue weighted by Gasteiger charge is -2.27. The number of nitrogens with zero attached hydrogens (tertiary/aromatic N) is 1. The Bertz CT molecular complexity index is 1510. The van der Waals surface area contributed by atoms with Crippen LogP contribution < -0.4 is 5.32 Å². The number of aryl methyl sites for hydroxylation is 1. The highest BCUT2D eigenvalue weighted by molar-refractivity contribution is 9.10. The average molecular weight is 620 g/mol. The van der Waals surface area contributed by atoms with Crippen molar-refractivity contribution in [2.24, 2.45) is 4.99 Å². The number of ether oxygens (including phenoxy) is 5. The highest BCUT2D eigenvalue weighted by Gasteiger charge is 2.65. The summed E-state index contributed by atoms with van der Waals surface area (Å²) in [5.41, 5.74) is 5.58. The van der Waals surface area contributed by atoms with Crippen LogP contribution in [-0.4, -0.2) is 61.6 Å². The van der Waals surface area contributed by atoms with Gasteiger partial charge in [0.2, 0.25) is 11.6 Å². The maximum absolute atomic E-state index is 12.9. The van der Waals surface area contributed by atoms with Crippen molar-refractivity contribution in [2.75, 3.05) is 19.8 Å². The molecule has 0 bridgehead atoms. The third-order valence-electron chi connectivity index (χ3n) is 8.20. The van der Waals surface area contributed by atoms with Crippen molar-refractivity contribution >= 4 is 27.9 Å². The normalized spacial score (nSPS) is 27.2. The fourth-order valence-electron chi connectivity index (χ4n) is 6.34. The van der Waals surface area contributed by atoms with Crippen molar-refractivity contribution in [3.05, 3.63) is 93.5 Å². The van der Waals surface area contributed by atoms with E-state index in [-0.39, 0.29) is 25.7 Å². The lowest BCUT2D eigenvalue weighted by Crippen LogP contribution is -2.43. The van der Waals surface area contributed by atoms with Crippen molar-refractivity contribution in [1.82, 2.24) is 5.32 Å². The lowest BCUT2D eigenvalue weighted by atomic mass is 9.98. The van der Waals surface area contributed by atoms with E-state index < -0.39 is 35.9 Å². The predicted octanol–water partition coefficient (Wildman–Crippen LogP) is 5.69. The van der Waals surface area contributed by atoms with E-state index in [0.717, 1.165) is 15.6 Å². The van der Waals surface area contributed by atoms with Crippen molar-refractivity contribution in [2.45, 2.75) is 56.5 Å². The van der Waals surface area contributed by atoms with E-state index in [1.807, 2.05) is 63.2 Å². The standard InChI is InChI=1S/C32H31BrN2O6/c1-18-14-19(12-13-25(18)33)29-35-32(17-38-29)28-27(40-31(2,3)41-28)26(39-32)15-34-30(36)37-16-24-22-10-6-4-8-20(22)21-9-5-7-11-23(21)24/h4-14,24,26-28H,15-17H2,1-3H3,(H,34,36). The number of fused-ring (bicyclic) bond motifs is 5. The first kappa shape index (κ1) is 26.6. The van der Waals surface area contributed by atoms with Gasteiger partial charge in [-0.3, -0.25) is 0 Å². The first-order valence-corrected chi connectivity index (χ1v) is 14.6. The second-order valence-corrected chi connectivity index (χ2v) is 12.3. The van der Waals surface area contributed by atoms with Crippen LogP contribution in [0.5, 0.6) is 0 Å². The second kappa shape index (κ2) is 9.94. The summed E-state index contributed by atoms with van der Waals surface area (Å²) >= 11 is 3.54. The Balaban J connectivity index is 1.04. The van der Waals surface area contributed by atoms with Crippen LogP contribution in [0, 0.1) is 6.92 Å². The number of nitrogens with one attached hydrogen (secondary N) is 1. The number of benzene rings is 3. The number of amides is 1. The van der Waals surface area contributed by atoms with Gasteiger partial charge >= 0.3 is 6.09 Å². The number of aliphatic imine (C=N–C) groups is 1. The molecular weight excluding hydrogens is 588 g/mol. The monoisotopic (exact) mass is 618 g/mol. The van der Waals surface area contributed by atoms with Gasteiger partial charge in [0.25, 0.3) is 0 Å². The molecule has 2 fully saturated rings. The largest absolute Gasteiger partial charge is 0.472 e. The van der Waals surface area contributed by atoms with Crippen molar-refractivity contribution in [3.63, 3.8) is 0 Å². The Morgan fingerprint density at radius 2 is 1.73 bits per heavy atom. The number of alkyl carbamates (subject to hydrolysis) is 1. The molecule has 7 rings (SSSR count). The Kier molecular flexibility index (Phi) is 6.46. The minimum absolute atomic E-state index is 0.0125. The first-order valence-electron chi connectivity index (χ1n) is 13.8. The molecule has 4 aliphatic rings. The summed E-state index contributed by atoms with van der Waals surface area (Å²) in [6.07, 6.45) is -1.93. The smallest absolute Gasteiger partial charge is 0.407 e.